The van der Waals surface area contributed by atoms with E-state index in [1.165, 1.54) is 44.9 Å². The van der Waals surface area contributed by atoms with E-state index in [2.05, 4.69) is 13.8 Å². The van der Waals surface area contributed by atoms with Crippen LogP contribution in [0.15, 0.2) is 0 Å². The second kappa shape index (κ2) is 4.99. The van der Waals surface area contributed by atoms with Gasteiger partial charge in [0, 0.05) is 12.3 Å². The van der Waals surface area contributed by atoms with E-state index in [4.69, 9.17) is 9.47 Å². The fraction of sp³-hybridized carbons (Fsp3) is 0.952. The van der Waals surface area contributed by atoms with Gasteiger partial charge in [0.25, 0.3) is 0 Å². The highest BCUT2D eigenvalue weighted by Gasteiger charge is 2.64. The van der Waals surface area contributed by atoms with Crippen molar-refractivity contribution in [1.82, 2.24) is 0 Å². The van der Waals surface area contributed by atoms with Crippen molar-refractivity contribution in [3.05, 3.63) is 0 Å². The first-order valence-electron chi connectivity index (χ1n) is 10.2. The van der Waals surface area contributed by atoms with E-state index in [9.17, 15) is 4.79 Å². The molecule has 0 aromatic carbocycles. The van der Waals surface area contributed by atoms with Crippen molar-refractivity contribution in [1.29, 1.82) is 0 Å². The molecule has 24 heavy (non-hydrogen) atoms. The summed E-state index contributed by atoms with van der Waals surface area (Å²) < 4.78 is 11.7. The Labute approximate surface area is 145 Å². The lowest BCUT2D eigenvalue weighted by atomic mass is 9.45. The highest BCUT2D eigenvalue weighted by Crippen LogP contribution is 2.68. The molecular formula is C21H32O3. The SMILES string of the molecule is CC(=O)O[C@H]1CCC2C3CC[C@H]4C[C@@H]5O[C@@H]5C[C@]4(C)C3CC[C@@]21C. The maximum absolute atomic E-state index is 11.5. The summed E-state index contributed by atoms with van der Waals surface area (Å²) in [4.78, 5) is 11.5. The lowest BCUT2D eigenvalue weighted by molar-refractivity contribution is -0.160. The van der Waals surface area contributed by atoms with Crippen molar-refractivity contribution in [2.75, 3.05) is 0 Å². The molecule has 1 saturated heterocycles. The zero-order chi connectivity index (χ0) is 16.7. The summed E-state index contributed by atoms with van der Waals surface area (Å²) in [6.07, 6.45) is 11.7. The van der Waals surface area contributed by atoms with E-state index in [-0.39, 0.29) is 17.5 Å². The number of esters is 1. The highest BCUT2D eigenvalue weighted by molar-refractivity contribution is 5.66. The van der Waals surface area contributed by atoms with Crippen molar-refractivity contribution < 1.29 is 14.3 Å². The second-order valence-corrected chi connectivity index (χ2v) is 10.0. The molecule has 5 fully saturated rings. The van der Waals surface area contributed by atoms with Gasteiger partial charge in [-0.1, -0.05) is 13.8 Å². The zero-order valence-electron chi connectivity index (χ0n) is 15.4. The molecule has 4 aliphatic carbocycles. The molecule has 0 radical (unpaired) electrons. The molecule has 5 aliphatic rings. The molecule has 1 heterocycles. The lowest BCUT2D eigenvalue weighted by Gasteiger charge is -2.59. The molecule has 9 atom stereocenters. The number of hydrogen-bond acceptors (Lipinski definition) is 3. The smallest absolute Gasteiger partial charge is 0.302 e. The molecule has 0 aromatic rings. The van der Waals surface area contributed by atoms with Gasteiger partial charge in [-0.15, -0.1) is 0 Å². The predicted molar refractivity (Wildman–Crippen MR) is 91.3 cm³/mol. The normalized spacial score (nSPS) is 58.0. The molecular weight excluding hydrogens is 300 g/mol. The van der Waals surface area contributed by atoms with Crippen LogP contribution >= 0.6 is 0 Å². The van der Waals surface area contributed by atoms with E-state index in [1.807, 2.05) is 0 Å². The minimum atomic E-state index is -0.0936. The maximum Gasteiger partial charge on any atom is 0.302 e. The van der Waals surface area contributed by atoms with Crippen molar-refractivity contribution in [2.24, 2.45) is 34.5 Å². The van der Waals surface area contributed by atoms with Crippen LogP contribution in [0.4, 0.5) is 0 Å². The summed E-state index contributed by atoms with van der Waals surface area (Å²) in [6, 6.07) is 0. The first-order valence-corrected chi connectivity index (χ1v) is 10.2. The number of hydrogen-bond donors (Lipinski definition) is 0. The third-order valence-corrected chi connectivity index (χ3v) is 9.13. The van der Waals surface area contributed by atoms with Gasteiger partial charge in [-0.3, -0.25) is 4.79 Å². The second-order valence-electron chi connectivity index (χ2n) is 10.0. The number of rotatable bonds is 1. The number of epoxide rings is 1. The van der Waals surface area contributed by atoms with Gasteiger partial charge < -0.3 is 9.47 Å². The average molecular weight is 332 g/mol. The third-order valence-electron chi connectivity index (χ3n) is 9.13. The van der Waals surface area contributed by atoms with Gasteiger partial charge in [-0.05, 0) is 80.5 Å². The van der Waals surface area contributed by atoms with Crippen LogP contribution in [0.25, 0.3) is 0 Å². The van der Waals surface area contributed by atoms with E-state index < -0.39 is 0 Å². The monoisotopic (exact) mass is 332 g/mol. The molecule has 0 spiro atoms. The first kappa shape index (κ1) is 15.7. The van der Waals surface area contributed by atoms with E-state index in [1.54, 1.807) is 6.92 Å². The quantitative estimate of drug-likeness (QED) is 0.530. The molecule has 3 unspecified atom stereocenters. The lowest BCUT2D eigenvalue weighted by Crippen LogP contribution is -2.54. The molecule has 0 N–H and O–H groups in total. The molecule has 3 heteroatoms. The number of carbonyl (C=O) groups excluding carboxylic acids is 1. The fourth-order valence-corrected chi connectivity index (χ4v) is 7.87. The topological polar surface area (TPSA) is 38.8 Å². The van der Waals surface area contributed by atoms with Gasteiger partial charge >= 0.3 is 5.97 Å². The Bertz CT molecular complexity index is 559. The Morgan fingerprint density at radius 2 is 1.79 bits per heavy atom. The number of ether oxygens (including phenoxy) is 2. The summed E-state index contributed by atoms with van der Waals surface area (Å²) in [5.74, 6) is 3.27. The van der Waals surface area contributed by atoms with Crippen LogP contribution in [0, 0.1) is 34.5 Å². The van der Waals surface area contributed by atoms with Crippen LogP contribution in [-0.4, -0.2) is 24.3 Å². The van der Waals surface area contributed by atoms with Crippen LogP contribution in [0.1, 0.15) is 72.1 Å². The minimum Gasteiger partial charge on any atom is -0.462 e. The number of carbonyl (C=O) groups is 1. The molecule has 0 bridgehead atoms. The summed E-state index contributed by atoms with van der Waals surface area (Å²) in [6.45, 7) is 6.58. The summed E-state index contributed by atoms with van der Waals surface area (Å²) in [5, 5.41) is 0. The Kier molecular flexibility index (Phi) is 3.26. The van der Waals surface area contributed by atoms with Gasteiger partial charge in [0.15, 0.2) is 0 Å². The Morgan fingerprint density at radius 1 is 1.00 bits per heavy atom. The van der Waals surface area contributed by atoms with Crippen LogP contribution in [0.2, 0.25) is 0 Å². The summed E-state index contributed by atoms with van der Waals surface area (Å²) >= 11 is 0. The molecule has 0 aromatic heterocycles. The van der Waals surface area contributed by atoms with Crippen LogP contribution < -0.4 is 0 Å². The molecule has 0 amide bonds. The van der Waals surface area contributed by atoms with E-state index >= 15 is 0 Å². The summed E-state index contributed by atoms with van der Waals surface area (Å²) in [5.41, 5.74) is 0.727. The maximum atomic E-state index is 11.5. The molecule has 134 valence electrons. The van der Waals surface area contributed by atoms with Crippen LogP contribution in [0.5, 0.6) is 0 Å². The summed E-state index contributed by atoms with van der Waals surface area (Å²) in [7, 11) is 0. The average Bonchev–Trinajstić information content (AvgIpc) is 3.18. The van der Waals surface area contributed by atoms with Crippen LogP contribution in [0.3, 0.4) is 0 Å². The van der Waals surface area contributed by atoms with Crippen LogP contribution in [-0.2, 0) is 14.3 Å². The first-order chi connectivity index (χ1) is 11.4. The highest BCUT2D eigenvalue weighted by atomic mass is 16.6. The van der Waals surface area contributed by atoms with Crippen molar-refractivity contribution >= 4 is 5.97 Å². The molecule has 1 aliphatic heterocycles. The Morgan fingerprint density at radius 3 is 2.58 bits per heavy atom. The largest absolute Gasteiger partial charge is 0.462 e. The van der Waals surface area contributed by atoms with Gasteiger partial charge in [0.1, 0.15) is 6.10 Å². The van der Waals surface area contributed by atoms with Gasteiger partial charge in [-0.25, -0.2) is 0 Å². The Hall–Kier alpha value is -0.570. The zero-order valence-corrected chi connectivity index (χ0v) is 15.4. The standard InChI is InChI=1S/C21H32O3/c1-12(22)23-19-7-6-15-14-5-4-13-10-17-18(24-17)11-21(13,3)16(14)8-9-20(15,19)2/h13-19H,4-11H2,1-3H3/t13-,14?,15?,16?,17-,18+,19-,20-,21-/m0/s1. The van der Waals surface area contributed by atoms with Crippen molar-refractivity contribution in [3.8, 4) is 0 Å². The van der Waals surface area contributed by atoms with E-state index in [0.717, 1.165) is 30.1 Å². The van der Waals surface area contributed by atoms with E-state index in [0.29, 0.717) is 17.6 Å². The van der Waals surface area contributed by atoms with Gasteiger partial charge in [-0.2, -0.15) is 0 Å². The van der Waals surface area contributed by atoms with Crippen molar-refractivity contribution in [3.63, 3.8) is 0 Å². The molecule has 3 nitrogen and oxygen atoms in total. The van der Waals surface area contributed by atoms with Gasteiger partial charge in [0.05, 0.1) is 12.2 Å². The Balaban J connectivity index is 1.41. The van der Waals surface area contributed by atoms with Gasteiger partial charge in [0.2, 0.25) is 0 Å². The number of fused-ring (bicyclic) bond motifs is 6. The van der Waals surface area contributed by atoms with Crippen molar-refractivity contribution in [2.45, 2.75) is 90.4 Å². The predicted octanol–water partition coefficient (Wildman–Crippen LogP) is 4.34. The molecule has 5 rings (SSSR count). The minimum absolute atomic E-state index is 0.0936. The third kappa shape index (κ3) is 2.03. The molecule has 4 saturated carbocycles. The fourth-order valence-electron chi connectivity index (χ4n) is 7.87.